The average molecular weight is 553 g/mol. The average Bonchev–Trinajstić information content (AvgIpc) is 3.39. The second-order valence-corrected chi connectivity index (χ2v) is 9.23. The van der Waals surface area contributed by atoms with E-state index in [0.29, 0.717) is 40.4 Å². The van der Waals surface area contributed by atoms with Crippen molar-refractivity contribution in [3.05, 3.63) is 76.8 Å². The zero-order valence-corrected chi connectivity index (χ0v) is 21.3. The van der Waals surface area contributed by atoms with Crippen molar-refractivity contribution in [1.29, 1.82) is 0 Å². The largest absolute Gasteiger partial charge is 0.503 e. The number of halogens is 1. The molecule has 3 aromatic carbocycles. The van der Waals surface area contributed by atoms with E-state index in [1.807, 2.05) is 44.2 Å². The molecule has 5 rings (SSSR count). The second kappa shape index (κ2) is 9.83. The van der Waals surface area contributed by atoms with Gasteiger partial charge in [0.25, 0.3) is 5.91 Å². The van der Waals surface area contributed by atoms with Crippen LogP contribution in [0.5, 0.6) is 17.2 Å². The van der Waals surface area contributed by atoms with Crippen LogP contribution < -0.4 is 19.4 Å². The van der Waals surface area contributed by atoms with Gasteiger partial charge in [-0.25, -0.2) is 9.96 Å². The molecule has 0 bridgehead atoms. The van der Waals surface area contributed by atoms with Crippen LogP contribution in [0, 0.1) is 5.92 Å². The maximum atomic E-state index is 13.8. The minimum Gasteiger partial charge on any atom is -0.503 e. The zero-order valence-electron chi connectivity index (χ0n) is 19.8. The number of phenolic OH excluding ortho intramolecular Hbond substituents is 1. The Morgan fingerprint density at radius 3 is 2.28 bits per heavy atom. The highest BCUT2D eigenvalue weighted by Crippen LogP contribution is 2.49. The standard InChI is InChI=1S/C27H25BrN2O6/c1-3-34-19-12-10-17(11-13-19)29-26(32)22-23(16-14-20(28)24(31)21(15-16)35-4-2)30(36-25(22)27(29)33)18-8-6-5-7-9-18/h5-15,22-23,25,31H,3-4H2,1-2H3/t22-,23+,25+/m0/s1. The summed E-state index contributed by atoms with van der Waals surface area (Å²) in [6.07, 6.45) is -1.00. The number of benzene rings is 3. The summed E-state index contributed by atoms with van der Waals surface area (Å²) < 4.78 is 11.5. The third-order valence-corrected chi connectivity index (χ3v) is 6.83. The summed E-state index contributed by atoms with van der Waals surface area (Å²) in [6.45, 7) is 4.57. The fourth-order valence-corrected chi connectivity index (χ4v) is 5.15. The van der Waals surface area contributed by atoms with Gasteiger partial charge in [0.15, 0.2) is 17.6 Å². The number of hydrogen-bond acceptors (Lipinski definition) is 7. The van der Waals surface area contributed by atoms with Crippen LogP contribution in [0.2, 0.25) is 0 Å². The second-order valence-electron chi connectivity index (χ2n) is 8.38. The van der Waals surface area contributed by atoms with Crippen LogP contribution in [0.4, 0.5) is 11.4 Å². The number of para-hydroxylation sites is 1. The molecule has 3 aromatic rings. The number of phenols is 1. The van der Waals surface area contributed by atoms with Gasteiger partial charge < -0.3 is 14.6 Å². The number of hydrogen-bond donors (Lipinski definition) is 1. The molecular weight excluding hydrogens is 528 g/mol. The van der Waals surface area contributed by atoms with Crippen molar-refractivity contribution < 1.29 is 29.0 Å². The van der Waals surface area contributed by atoms with Crippen molar-refractivity contribution in [3.8, 4) is 17.2 Å². The molecule has 0 saturated carbocycles. The lowest BCUT2D eigenvalue weighted by Gasteiger charge is -2.29. The van der Waals surface area contributed by atoms with Crippen molar-refractivity contribution in [2.45, 2.75) is 26.0 Å². The van der Waals surface area contributed by atoms with Crippen LogP contribution in [0.15, 0.2) is 71.2 Å². The van der Waals surface area contributed by atoms with Crippen molar-refractivity contribution >= 4 is 39.1 Å². The predicted octanol–water partition coefficient (Wildman–Crippen LogP) is 5.00. The number of nitrogens with zero attached hydrogens (tertiary/aromatic N) is 2. The molecular formula is C27H25BrN2O6. The summed E-state index contributed by atoms with van der Waals surface area (Å²) in [5, 5.41) is 12.1. The van der Waals surface area contributed by atoms with E-state index < -0.39 is 24.0 Å². The molecule has 0 spiro atoms. The molecule has 186 valence electrons. The van der Waals surface area contributed by atoms with Crippen LogP contribution >= 0.6 is 15.9 Å². The van der Waals surface area contributed by atoms with E-state index in [9.17, 15) is 14.7 Å². The molecule has 2 aliphatic rings. The summed E-state index contributed by atoms with van der Waals surface area (Å²) in [7, 11) is 0. The van der Waals surface area contributed by atoms with Crippen LogP contribution in [0.3, 0.4) is 0 Å². The molecule has 2 heterocycles. The highest BCUT2D eigenvalue weighted by atomic mass is 79.9. The summed E-state index contributed by atoms with van der Waals surface area (Å²) in [6, 6.07) is 18.9. The van der Waals surface area contributed by atoms with E-state index in [-0.39, 0.29) is 17.4 Å². The van der Waals surface area contributed by atoms with Gasteiger partial charge in [-0.05, 0) is 83.9 Å². The van der Waals surface area contributed by atoms with Gasteiger partial charge in [0, 0.05) is 0 Å². The molecule has 8 nitrogen and oxygen atoms in total. The first kappa shape index (κ1) is 24.1. The Hall–Kier alpha value is -3.56. The summed E-state index contributed by atoms with van der Waals surface area (Å²) in [5.74, 6) is -0.705. The predicted molar refractivity (Wildman–Crippen MR) is 137 cm³/mol. The Morgan fingerprint density at radius 1 is 0.917 bits per heavy atom. The first-order valence-electron chi connectivity index (χ1n) is 11.7. The third kappa shape index (κ3) is 4.08. The number of amides is 2. The number of fused-ring (bicyclic) bond motifs is 1. The SMILES string of the molecule is CCOc1ccc(N2C(=O)[C@H]3[C@@H](c4cc(Br)c(O)c(OCC)c4)N(c4ccccc4)O[C@H]3C2=O)cc1. The first-order chi connectivity index (χ1) is 17.4. The Kier molecular flexibility index (Phi) is 6.59. The smallest absolute Gasteiger partial charge is 0.266 e. The van der Waals surface area contributed by atoms with Crippen LogP contribution in [0.1, 0.15) is 25.5 Å². The third-order valence-electron chi connectivity index (χ3n) is 6.22. The van der Waals surface area contributed by atoms with Crippen molar-refractivity contribution in [2.24, 2.45) is 5.92 Å². The molecule has 2 aliphatic heterocycles. The Labute approximate surface area is 217 Å². The molecule has 36 heavy (non-hydrogen) atoms. The van der Waals surface area contributed by atoms with Gasteiger partial charge >= 0.3 is 0 Å². The summed E-state index contributed by atoms with van der Waals surface area (Å²) in [5.41, 5.74) is 1.82. The maximum Gasteiger partial charge on any atom is 0.266 e. The number of rotatable bonds is 7. The number of aromatic hydroxyl groups is 1. The van der Waals surface area contributed by atoms with Gasteiger partial charge in [0.2, 0.25) is 5.91 Å². The Morgan fingerprint density at radius 2 is 1.61 bits per heavy atom. The van der Waals surface area contributed by atoms with E-state index in [4.69, 9.17) is 14.3 Å². The molecule has 1 N–H and O–H groups in total. The number of imide groups is 1. The molecule has 2 fully saturated rings. The van der Waals surface area contributed by atoms with Crippen molar-refractivity contribution in [1.82, 2.24) is 0 Å². The topological polar surface area (TPSA) is 88.5 Å². The lowest BCUT2D eigenvalue weighted by molar-refractivity contribution is -0.126. The number of anilines is 2. The lowest BCUT2D eigenvalue weighted by Crippen LogP contribution is -2.37. The number of ether oxygens (including phenoxy) is 2. The molecule has 0 aromatic heterocycles. The monoisotopic (exact) mass is 552 g/mol. The number of carbonyl (C=O) groups is 2. The molecule has 0 radical (unpaired) electrons. The van der Waals surface area contributed by atoms with E-state index >= 15 is 0 Å². The van der Waals surface area contributed by atoms with Gasteiger partial charge in [-0.3, -0.25) is 14.4 Å². The minimum atomic E-state index is -1.00. The van der Waals surface area contributed by atoms with E-state index in [2.05, 4.69) is 15.9 Å². The molecule has 0 unspecified atom stereocenters. The number of carbonyl (C=O) groups excluding carboxylic acids is 2. The van der Waals surface area contributed by atoms with Gasteiger partial charge in [-0.2, -0.15) is 0 Å². The van der Waals surface area contributed by atoms with Gasteiger partial charge in [0.05, 0.1) is 35.1 Å². The van der Waals surface area contributed by atoms with Crippen molar-refractivity contribution in [2.75, 3.05) is 23.2 Å². The normalized spacial score (nSPS) is 21.1. The van der Waals surface area contributed by atoms with Crippen LogP contribution in [-0.2, 0) is 14.4 Å². The van der Waals surface area contributed by atoms with E-state index in [1.54, 1.807) is 41.5 Å². The summed E-state index contributed by atoms with van der Waals surface area (Å²) in [4.78, 5) is 34.7. The lowest BCUT2D eigenvalue weighted by atomic mass is 9.90. The van der Waals surface area contributed by atoms with Gasteiger partial charge in [0.1, 0.15) is 11.7 Å². The molecule has 0 aliphatic carbocycles. The molecule has 9 heteroatoms. The fraction of sp³-hybridized carbons (Fsp3) is 0.259. The number of hydroxylamine groups is 1. The first-order valence-corrected chi connectivity index (χ1v) is 12.5. The quantitative estimate of drug-likeness (QED) is 0.412. The summed E-state index contributed by atoms with van der Waals surface area (Å²) >= 11 is 3.39. The van der Waals surface area contributed by atoms with Crippen molar-refractivity contribution in [3.63, 3.8) is 0 Å². The zero-order chi connectivity index (χ0) is 25.4. The van der Waals surface area contributed by atoms with E-state index in [1.165, 1.54) is 4.90 Å². The fourth-order valence-electron chi connectivity index (χ4n) is 4.69. The Bertz CT molecular complexity index is 1280. The molecule has 3 atom stereocenters. The maximum absolute atomic E-state index is 13.8. The highest BCUT2D eigenvalue weighted by Gasteiger charge is 2.60. The van der Waals surface area contributed by atoms with Crippen LogP contribution in [-0.4, -0.2) is 36.2 Å². The Balaban J connectivity index is 1.57. The van der Waals surface area contributed by atoms with Gasteiger partial charge in [-0.15, -0.1) is 0 Å². The van der Waals surface area contributed by atoms with E-state index in [0.717, 1.165) is 0 Å². The molecule has 2 saturated heterocycles. The highest BCUT2D eigenvalue weighted by molar-refractivity contribution is 9.10. The van der Waals surface area contributed by atoms with Gasteiger partial charge in [-0.1, -0.05) is 18.2 Å². The van der Waals surface area contributed by atoms with Crippen LogP contribution in [0.25, 0.3) is 0 Å². The molecule has 2 amide bonds. The minimum absolute atomic E-state index is 0.0350.